The van der Waals surface area contributed by atoms with Crippen molar-refractivity contribution in [2.24, 2.45) is 0 Å². The van der Waals surface area contributed by atoms with Crippen LogP contribution in [0.1, 0.15) is 54.4 Å². The molecule has 0 aliphatic carbocycles. The first-order valence-electron chi connectivity index (χ1n) is 7.23. The van der Waals surface area contributed by atoms with Gasteiger partial charge in [-0.15, -0.1) is 12.1 Å². The molecule has 17 heavy (non-hydrogen) atoms. The van der Waals surface area contributed by atoms with Gasteiger partial charge in [-0.3, -0.25) is 0 Å². The molecule has 0 amide bonds. The smallest absolute Gasteiger partial charge is 0.108 e. The monoisotopic (exact) mass is 234 g/mol. The molecule has 0 nitrogen and oxygen atoms in total. The third-order valence-corrected chi connectivity index (χ3v) is 2.86. The van der Waals surface area contributed by atoms with Gasteiger partial charge in [-0.2, -0.15) is 0 Å². The lowest BCUT2D eigenvalue weighted by atomic mass is 9.42. The van der Waals surface area contributed by atoms with Gasteiger partial charge in [0.1, 0.15) is 0 Å². The van der Waals surface area contributed by atoms with Crippen molar-refractivity contribution in [3.05, 3.63) is 35.9 Å². The van der Waals surface area contributed by atoms with Gasteiger partial charge in [-0.05, 0) is 26.6 Å². The standard InChI is InChI=1S/C12H19B.2C2H6/c1-4-7-12(5-2)10-13-9-6-8-11(13)3;2*1-2/h4-5,7H,3,6,8-10H2,1-2H3;2*1-2H3/b7-4-,12-5+;;. The van der Waals surface area contributed by atoms with E-state index in [0.29, 0.717) is 0 Å². The molecular weight excluding hydrogens is 203 g/mol. The highest BCUT2D eigenvalue weighted by Gasteiger charge is 2.22. The Labute approximate surface area is 110 Å². The lowest BCUT2D eigenvalue weighted by Gasteiger charge is -2.07. The molecule has 0 aromatic carbocycles. The predicted octanol–water partition coefficient (Wildman–Crippen LogP) is 5.95. The molecule has 1 rings (SSSR count). The highest BCUT2D eigenvalue weighted by atomic mass is 14.0. The summed E-state index contributed by atoms with van der Waals surface area (Å²) in [5.41, 5.74) is 2.92. The van der Waals surface area contributed by atoms with E-state index in [4.69, 9.17) is 0 Å². The molecule has 0 spiro atoms. The summed E-state index contributed by atoms with van der Waals surface area (Å²) in [6.45, 7) is 17.1. The van der Waals surface area contributed by atoms with E-state index in [9.17, 15) is 0 Å². The van der Waals surface area contributed by atoms with Gasteiger partial charge in [-0.1, -0.05) is 64.2 Å². The van der Waals surface area contributed by atoms with Crippen LogP contribution in [-0.2, 0) is 0 Å². The minimum Gasteiger partial charge on any atom is -0.108 e. The SMILES string of the molecule is C=C1CCCB1CC(/C=C\C)=C/C.CC.CC. The van der Waals surface area contributed by atoms with Gasteiger partial charge >= 0.3 is 0 Å². The van der Waals surface area contributed by atoms with Crippen LogP contribution in [0.4, 0.5) is 0 Å². The molecule has 0 aromatic heterocycles. The van der Waals surface area contributed by atoms with E-state index in [2.05, 4.69) is 38.7 Å². The maximum atomic E-state index is 4.13. The summed E-state index contributed by atoms with van der Waals surface area (Å²) in [7, 11) is 0. The van der Waals surface area contributed by atoms with Crippen LogP contribution in [0, 0.1) is 0 Å². The summed E-state index contributed by atoms with van der Waals surface area (Å²) in [4.78, 5) is 0. The van der Waals surface area contributed by atoms with Crippen LogP contribution < -0.4 is 0 Å². The van der Waals surface area contributed by atoms with E-state index >= 15 is 0 Å². The topological polar surface area (TPSA) is 0 Å². The molecular formula is C16H31B. The second-order valence-electron chi connectivity index (χ2n) is 3.82. The average molecular weight is 234 g/mol. The lowest BCUT2D eigenvalue weighted by molar-refractivity contribution is 0.986. The summed E-state index contributed by atoms with van der Waals surface area (Å²) in [5.74, 6) is 0. The van der Waals surface area contributed by atoms with Crippen molar-refractivity contribution in [2.45, 2.75) is 67.0 Å². The first-order valence-corrected chi connectivity index (χ1v) is 7.23. The molecule has 98 valence electrons. The van der Waals surface area contributed by atoms with Crippen LogP contribution in [0.25, 0.3) is 0 Å². The van der Waals surface area contributed by atoms with Crippen LogP contribution in [0.3, 0.4) is 0 Å². The Hall–Kier alpha value is -0.715. The van der Waals surface area contributed by atoms with Gasteiger partial charge in [0.15, 0.2) is 6.71 Å². The van der Waals surface area contributed by atoms with Gasteiger partial charge in [0, 0.05) is 0 Å². The average Bonchev–Trinajstić information content (AvgIpc) is 2.79. The molecule has 1 heteroatoms. The Bertz CT molecular complexity index is 236. The number of rotatable bonds is 3. The molecule has 1 heterocycles. The van der Waals surface area contributed by atoms with E-state index in [0.717, 1.165) is 6.71 Å². The lowest BCUT2D eigenvalue weighted by Crippen LogP contribution is -2.09. The van der Waals surface area contributed by atoms with Crippen molar-refractivity contribution in [3.8, 4) is 0 Å². The molecule has 0 radical (unpaired) electrons. The van der Waals surface area contributed by atoms with E-state index < -0.39 is 0 Å². The normalized spacial score (nSPS) is 15.3. The van der Waals surface area contributed by atoms with E-state index in [1.54, 1.807) is 0 Å². The van der Waals surface area contributed by atoms with Crippen LogP contribution in [0.15, 0.2) is 35.9 Å². The van der Waals surface area contributed by atoms with Gasteiger partial charge in [0.2, 0.25) is 0 Å². The molecule has 0 aromatic rings. The Morgan fingerprint density at radius 3 is 2.18 bits per heavy atom. The Kier molecular flexibility index (Phi) is 14.6. The Balaban J connectivity index is 0. The van der Waals surface area contributed by atoms with Crippen molar-refractivity contribution in [2.75, 3.05) is 0 Å². The summed E-state index contributed by atoms with van der Waals surface area (Å²) in [6, 6.07) is 0. The molecule has 0 N–H and O–H groups in total. The van der Waals surface area contributed by atoms with Gasteiger partial charge < -0.3 is 0 Å². The molecule has 1 saturated heterocycles. The molecule has 1 aliphatic rings. The number of hydrogen-bond donors (Lipinski definition) is 0. The second-order valence-corrected chi connectivity index (χ2v) is 3.82. The van der Waals surface area contributed by atoms with Crippen molar-refractivity contribution in [3.63, 3.8) is 0 Å². The summed E-state index contributed by atoms with van der Waals surface area (Å²) >= 11 is 0. The fourth-order valence-electron chi connectivity index (χ4n) is 2.01. The fourth-order valence-corrected chi connectivity index (χ4v) is 2.01. The van der Waals surface area contributed by atoms with E-state index in [-0.39, 0.29) is 0 Å². The number of allylic oxidation sites excluding steroid dienone is 5. The maximum absolute atomic E-state index is 4.13. The minimum atomic E-state index is 0.752. The maximum Gasteiger partial charge on any atom is 0.174 e. The molecule has 0 unspecified atom stereocenters. The van der Waals surface area contributed by atoms with Gasteiger partial charge in [0.25, 0.3) is 0 Å². The van der Waals surface area contributed by atoms with E-state index in [1.165, 1.54) is 36.5 Å². The van der Waals surface area contributed by atoms with E-state index in [1.807, 2.05) is 27.7 Å². The van der Waals surface area contributed by atoms with Gasteiger partial charge in [-0.25, -0.2) is 0 Å². The molecule has 0 bridgehead atoms. The van der Waals surface area contributed by atoms with Crippen molar-refractivity contribution in [1.82, 2.24) is 0 Å². The second kappa shape index (κ2) is 13.4. The largest absolute Gasteiger partial charge is 0.174 e. The quantitative estimate of drug-likeness (QED) is 0.418. The molecule has 1 aliphatic heterocycles. The van der Waals surface area contributed by atoms with Crippen LogP contribution >= 0.6 is 0 Å². The van der Waals surface area contributed by atoms with Crippen molar-refractivity contribution in [1.29, 1.82) is 0 Å². The first kappa shape index (κ1) is 18.6. The molecule has 0 atom stereocenters. The summed E-state index contributed by atoms with van der Waals surface area (Å²) in [6.07, 6.45) is 11.7. The molecule has 1 fully saturated rings. The van der Waals surface area contributed by atoms with Crippen LogP contribution in [0.2, 0.25) is 12.6 Å². The van der Waals surface area contributed by atoms with Gasteiger partial charge in [0.05, 0.1) is 0 Å². The minimum absolute atomic E-state index is 0.752. The van der Waals surface area contributed by atoms with Crippen LogP contribution in [0.5, 0.6) is 0 Å². The first-order chi connectivity index (χ1) is 8.27. The third-order valence-electron chi connectivity index (χ3n) is 2.86. The zero-order valence-electron chi connectivity index (χ0n) is 12.8. The highest BCUT2D eigenvalue weighted by molar-refractivity contribution is 6.68. The Morgan fingerprint density at radius 2 is 1.82 bits per heavy atom. The highest BCUT2D eigenvalue weighted by Crippen LogP contribution is 2.28. The summed E-state index contributed by atoms with van der Waals surface area (Å²) < 4.78 is 0. The predicted molar refractivity (Wildman–Crippen MR) is 85.0 cm³/mol. The fraction of sp³-hybridized carbons (Fsp3) is 0.625. The van der Waals surface area contributed by atoms with Crippen molar-refractivity contribution < 1.29 is 0 Å². The number of hydrogen-bond acceptors (Lipinski definition) is 0. The zero-order valence-corrected chi connectivity index (χ0v) is 12.8. The molecule has 0 saturated carbocycles. The van der Waals surface area contributed by atoms with Crippen LogP contribution in [-0.4, -0.2) is 6.71 Å². The Morgan fingerprint density at radius 1 is 1.24 bits per heavy atom. The third kappa shape index (κ3) is 8.07. The zero-order chi connectivity index (χ0) is 13.7. The summed E-state index contributed by atoms with van der Waals surface area (Å²) in [5, 5.41) is 0. The van der Waals surface area contributed by atoms with Crippen molar-refractivity contribution >= 4 is 6.71 Å².